The minimum absolute atomic E-state index is 0.0369. The zero-order valence-corrected chi connectivity index (χ0v) is 12.0. The van der Waals surface area contributed by atoms with E-state index in [4.69, 9.17) is 0 Å². The normalized spacial score (nSPS) is 10.2. The molecule has 0 radical (unpaired) electrons. The number of nitrogens with zero attached hydrogens (tertiary/aromatic N) is 3. The molecule has 0 saturated carbocycles. The number of nitrogens with one attached hydrogen (secondary N) is 1. The summed E-state index contributed by atoms with van der Waals surface area (Å²) in [5, 5.41) is 13.3. The average Bonchev–Trinajstić information content (AvgIpc) is 2.45. The van der Waals surface area contributed by atoms with E-state index in [1.807, 2.05) is 0 Å². The average molecular weight is 322 g/mol. The van der Waals surface area contributed by atoms with Gasteiger partial charge in [0.15, 0.2) is 0 Å². The van der Waals surface area contributed by atoms with Crippen molar-refractivity contribution in [2.75, 3.05) is 23.8 Å². The summed E-state index contributed by atoms with van der Waals surface area (Å²) in [6, 6.07) is 4.01. The van der Waals surface area contributed by atoms with Crippen LogP contribution in [0.25, 0.3) is 0 Å². The number of hydrogen-bond donors (Lipinski definition) is 1. The summed E-state index contributed by atoms with van der Waals surface area (Å²) in [7, 11) is 1.48. The lowest BCUT2D eigenvalue weighted by Crippen LogP contribution is -2.30. The van der Waals surface area contributed by atoms with Gasteiger partial charge in [0, 0.05) is 25.0 Å². The van der Waals surface area contributed by atoms with Crippen LogP contribution in [-0.2, 0) is 4.79 Å². The van der Waals surface area contributed by atoms with E-state index in [1.165, 1.54) is 24.2 Å². The summed E-state index contributed by atoms with van der Waals surface area (Å²) in [6.45, 7) is -0.247. The molecule has 0 saturated heterocycles. The van der Waals surface area contributed by atoms with Crippen LogP contribution < -0.4 is 10.2 Å². The molecule has 0 aliphatic rings. The van der Waals surface area contributed by atoms with Gasteiger partial charge < -0.3 is 10.2 Å². The minimum atomic E-state index is -0.821. The molecular weight excluding hydrogens is 310 g/mol. The van der Waals surface area contributed by atoms with Gasteiger partial charge >= 0.3 is 5.69 Å². The van der Waals surface area contributed by atoms with Gasteiger partial charge in [-0.25, -0.2) is 8.78 Å². The first-order chi connectivity index (χ1) is 10.9. The Balaban J connectivity index is 2.09. The number of pyridine rings is 1. The Labute approximate surface area is 129 Å². The van der Waals surface area contributed by atoms with E-state index in [0.29, 0.717) is 6.07 Å². The predicted octanol–water partition coefficient (Wildman–Crippen LogP) is 2.34. The Morgan fingerprint density at radius 2 is 2.00 bits per heavy atom. The van der Waals surface area contributed by atoms with Crippen LogP contribution in [0, 0.1) is 21.7 Å². The number of halogens is 2. The van der Waals surface area contributed by atoms with E-state index >= 15 is 0 Å². The lowest BCUT2D eigenvalue weighted by molar-refractivity contribution is -0.384. The number of nitro groups is 1. The van der Waals surface area contributed by atoms with Crippen molar-refractivity contribution in [3.8, 4) is 0 Å². The highest BCUT2D eigenvalue weighted by Gasteiger charge is 2.18. The number of anilines is 2. The number of carbonyl (C=O) groups excluding carboxylic acids is 1. The van der Waals surface area contributed by atoms with Crippen LogP contribution in [0.2, 0.25) is 0 Å². The van der Waals surface area contributed by atoms with Gasteiger partial charge in [-0.2, -0.15) is 0 Å². The molecule has 1 aromatic heterocycles. The van der Waals surface area contributed by atoms with Crippen LogP contribution >= 0.6 is 0 Å². The lowest BCUT2D eigenvalue weighted by atomic mass is 10.3. The second-order valence-corrected chi connectivity index (χ2v) is 4.68. The Bertz CT molecular complexity index is 734. The van der Waals surface area contributed by atoms with Crippen molar-refractivity contribution in [3.05, 3.63) is 58.4 Å². The maximum absolute atomic E-state index is 13.1. The van der Waals surface area contributed by atoms with Crippen molar-refractivity contribution in [2.24, 2.45) is 0 Å². The standard InChI is InChI=1S/C14H12F2N4O3/c1-19(12-2-3-17-7-13(12)20(22)23)8-14(21)18-11-5-9(15)4-10(16)6-11/h2-7H,8H2,1H3,(H,18,21). The van der Waals surface area contributed by atoms with Crippen molar-refractivity contribution < 1.29 is 18.5 Å². The van der Waals surface area contributed by atoms with Gasteiger partial charge in [-0.3, -0.25) is 19.9 Å². The molecule has 9 heteroatoms. The predicted molar refractivity (Wildman–Crippen MR) is 79.1 cm³/mol. The summed E-state index contributed by atoms with van der Waals surface area (Å²) < 4.78 is 26.1. The van der Waals surface area contributed by atoms with Gasteiger partial charge in [0.2, 0.25) is 5.91 Å². The van der Waals surface area contributed by atoms with Crippen molar-refractivity contribution in [1.29, 1.82) is 0 Å². The third kappa shape index (κ3) is 4.19. The smallest absolute Gasteiger partial charge is 0.310 e. The molecule has 1 N–H and O–H groups in total. The molecule has 0 fully saturated rings. The lowest BCUT2D eigenvalue weighted by Gasteiger charge is -2.18. The summed E-state index contributed by atoms with van der Waals surface area (Å²) >= 11 is 0. The van der Waals surface area contributed by atoms with E-state index in [2.05, 4.69) is 10.3 Å². The van der Waals surface area contributed by atoms with Crippen LogP contribution in [-0.4, -0.2) is 29.4 Å². The highest BCUT2D eigenvalue weighted by Crippen LogP contribution is 2.25. The van der Waals surface area contributed by atoms with Gasteiger partial charge in [0.25, 0.3) is 0 Å². The summed E-state index contributed by atoms with van der Waals surface area (Å²) in [5.41, 5.74) is -0.0877. The number of rotatable bonds is 5. The fourth-order valence-electron chi connectivity index (χ4n) is 1.97. The Kier molecular flexibility index (Phi) is 4.79. The highest BCUT2D eigenvalue weighted by molar-refractivity contribution is 5.94. The number of likely N-dealkylation sites (N-methyl/N-ethyl adjacent to an activating group) is 1. The molecule has 2 rings (SSSR count). The van der Waals surface area contributed by atoms with Crippen molar-refractivity contribution in [1.82, 2.24) is 4.98 Å². The van der Waals surface area contributed by atoms with Gasteiger partial charge in [-0.05, 0) is 18.2 Å². The molecule has 1 amide bonds. The molecule has 1 aromatic carbocycles. The van der Waals surface area contributed by atoms with Crippen LogP contribution in [0.15, 0.2) is 36.7 Å². The van der Waals surface area contributed by atoms with Crippen molar-refractivity contribution in [3.63, 3.8) is 0 Å². The van der Waals surface area contributed by atoms with Gasteiger partial charge in [0.1, 0.15) is 23.5 Å². The third-order valence-electron chi connectivity index (χ3n) is 2.91. The van der Waals surface area contributed by atoms with Gasteiger partial charge in [0.05, 0.1) is 11.5 Å². The first kappa shape index (κ1) is 16.3. The van der Waals surface area contributed by atoms with E-state index in [0.717, 1.165) is 18.3 Å². The largest absolute Gasteiger partial charge is 0.360 e. The first-order valence-electron chi connectivity index (χ1n) is 6.42. The van der Waals surface area contributed by atoms with E-state index in [9.17, 15) is 23.7 Å². The second kappa shape index (κ2) is 6.77. The molecule has 0 spiro atoms. The van der Waals surface area contributed by atoms with Crippen molar-refractivity contribution >= 4 is 23.0 Å². The Morgan fingerprint density at radius 3 is 2.61 bits per heavy atom. The van der Waals surface area contributed by atoms with Crippen LogP contribution in [0.1, 0.15) is 0 Å². The van der Waals surface area contributed by atoms with Crippen LogP contribution in [0.5, 0.6) is 0 Å². The molecule has 0 bridgehead atoms. The number of amides is 1. The first-order valence-corrected chi connectivity index (χ1v) is 6.42. The molecule has 0 atom stereocenters. The monoisotopic (exact) mass is 322 g/mol. The molecule has 120 valence electrons. The molecule has 0 aliphatic heterocycles. The molecule has 2 aromatic rings. The number of aromatic nitrogens is 1. The fraction of sp³-hybridized carbons (Fsp3) is 0.143. The molecule has 0 aliphatic carbocycles. The molecular formula is C14H12F2N4O3. The molecule has 7 nitrogen and oxygen atoms in total. The van der Waals surface area contributed by atoms with E-state index < -0.39 is 22.5 Å². The van der Waals surface area contributed by atoms with E-state index in [1.54, 1.807) is 0 Å². The zero-order valence-electron chi connectivity index (χ0n) is 12.0. The summed E-state index contributed by atoms with van der Waals surface area (Å²) in [6.07, 6.45) is 2.43. The summed E-state index contributed by atoms with van der Waals surface area (Å²) in [5.74, 6) is -2.22. The Morgan fingerprint density at radius 1 is 1.35 bits per heavy atom. The van der Waals surface area contributed by atoms with Gasteiger partial charge in [-0.1, -0.05) is 0 Å². The Hall–Kier alpha value is -3.10. The van der Waals surface area contributed by atoms with E-state index in [-0.39, 0.29) is 23.6 Å². The van der Waals surface area contributed by atoms with Gasteiger partial charge in [-0.15, -0.1) is 0 Å². The summed E-state index contributed by atoms with van der Waals surface area (Å²) in [4.78, 5) is 27.2. The number of hydrogen-bond acceptors (Lipinski definition) is 5. The molecule has 1 heterocycles. The molecule has 23 heavy (non-hydrogen) atoms. The molecule has 0 unspecified atom stereocenters. The quantitative estimate of drug-likeness (QED) is 0.674. The highest BCUT2D eigenvalue weighted by atomic mass is 19.1. The maximum atomic E-state index is 13.1. The third-order valence-corrected chi connectivity index (χ3v) is 2.91. The number of carbonyl (C=O) groups is 1. The maximum Gasteiger partial charge on any atom is 0.310 e. The zero-order chi connectivity index (χ0) is 17.0. The fourth-order valence-corrected chi connectivity index (χ4v) is 1.97. The SMILES string of the molecule is CN(CC(=O)Nc1cc(F)cc(F)c1)c1ccncc1[N+](=O)[O-]. The number of benzene rings is 1. The minimum Gasteiger partial charge on any atom is -0.360 e. The second-order valence-electron chi connectivity index (χ2n) is 4.68. The van der Waals surface area contributed by atoms with Crippen LogP contribution in [0.4, 0.5) is 25.8 Å². The van der Waals surface area contributed by atoms with Crippen molar-refractivity contribution in [2.45, 2.75) is 0 Å². The topological polar surface area (TPSA) is 88.4 Å². The van der Waals surface area contributed by atoms with Crippen LogP contribution in [0.3, 0.4) is 0 Å².